The van der Waals surface area contributed by atoms with Crippen molar-refractivity contribution < 1.29 is 17.9 Å². The molecule has 0 unspecified atom stereocenters. The van der Waals surface area contributed by atoms with E-state index in [-0.39, 0.29) is 11.3 Å². The molecule has 2 nitrogen and oxygen atoms in total. The second-order valence-electron chi connectivity index (χ2n) is 3.33. The SMILES string of the molecule is Cc1ccc(C#N)c(OCCC(F)(F)F)c1. The highest BCUT2D eigenvalue weighted by Gasteiger charge is 2.26. The molecule has 0 radical (unpaired) electrons. The highest BCUT2D eigenvalue weighted by Crippen LogP contribution is 2.23. The van der Waals surface area contributed by atoms with Gasteiger partial charge >= 0.3 is 6.18 Å². The lowest BCUT2D eigenvalue weighted by Gasteiger charge is -2.10. The maximum Gasteiger partial charge on any atom is 0.392 e. The number of hydrogen-bond acceptors (Lipinski definition) is 2. The van der Waals surface area contributed by atoms with Crippen LogP contribution in [0.5, 0.6) is 5.75 Å². The predicted molar refractivity (Wildman–Crippen MR) is 52.1 cm³/mol. The lowest BCUT2D eigenvalue weighted by atomic mass is 10.1. The van der Waals surface area contributed by atoms with Gasteiger partial charge in [-0.25, -0.2) is 0 Å². The number of rotatable bonds is 3. The summed E-state index contributed by atoms with van der Waals surface area (Å²) in [6.45, 7) is 1.30. The van der Waals surface area contributed by atoms with Crippen molar-refractivity contribution in [1.29, 1.82) is 5.26 Å². The summed E-state index contributed by atoms with van der Waals surface area (Å²) < 4.78 is 40.6. The number of nitrogens with zero attached hydrogens (tertiary/aromatic N) is 1. The van der Waals surface area contributed by atoms with E-state index >= 15 is 0 Å². The van der Waals surface area contributed by atoms with Crippen LogP contribution in [0.3, 0.4) is 0 Å². The van der Waals surface area contributed by atoms with Crippen LogP contribution >= 0.6 is 0 Å². The summed E-state index contributed by atoms with van der Waals surface area (Å²) in [6, 6.07) is 6.64. The van der Waals surface area contributed by atoms with Gasteiger partial charge in [0.2, 0.25) is 0 Å². The van der Waals surface area contributed by atoms with Crippen LogP contribution in [0.15, 0.2) is 18.2 Å². The molecule has 0 heterocycles. The number of hydrogen-bond donors (Lipinski definition) is 0. The Morgan fingerprint density at radius 3 is 2.62 bits per heavy atom. The molecule has 0 atom stereocenters. The van der Waals surface area contributed by atoms with Gasteiger partial charge in [-0.1, -0.05) is 6.07 Å². The summed E-state index contributed by atoms with van der Waals surface area (Å²) >= 11 is 0. The van der Waals surface area contributed by atoms with E-state index in [0.29, 0.717) is 0 Å². The van der Waals surface area contributed by atoms with E-state index in [1.807, 2.05) is 6.07 Å². The van der Waals surface area contributed by atoms with Crippen LogP contribution in [0.2, 0.25) is 0 Å². The highest BCUT2D eigenvalue weighted by atomic mass is 19.4. The Hall–Kier alpha value is -1.70. The zero-order chi connectivity index (χ0) is 12.2. The first-order chi connectivity index (χ1) is 7.42. The van der Waals surface area contributed by atoms with Gasteiger partial charge < -0.3 is 4.74 Å². The van der Waals surface area contributed by atoms with Crippen LogP contribution in [0.4, 0.5) is 13.2 Å². The standard InChI is InChI=1S/C11H10F3NO/c1-8-2-3-9(7-15)10(6-8)16-5-4-11(12,13)14/h2-3,6H,4-5H2,1H3. The smallest absolute Gasteiger partial charge is 0.392 e. The minimum Gasteiger partial charge on any atom is -0.492 e. The monoisotopic (exact) mass is 229 g/mol. The fourth-order valence-corrected chi connectivity index (χ4v) is 1.12. The van der Waals surface area contributed by atoms with Crippen molar-refractivity contribution in [2.75, 3.05) is 6.61 Å². The van der Waals surface area contributed by atoms with E-state index in [4.69, 9.17) is 10.00 Å². The Balaban J connectivity index is 2.67. The van der Waals surface area contributed by atoms with Crippen molar-refractivity contribution in [2.24, 2.45) is 0 Å². The summed E-state index contributed by atoms with van der Waals surface area (Å²) in [4.78, 5) is 0. The van der Waals surface area contributed by atoms with Gasteiger partial charge in [0.15, 0.2) is 0 Å². The van der Waals surface area contributed by atoms with Gasteiger partial charge in [-0.3, -0.25) is 0 Å². The zero-order valence-electron chi connectivity index (χ0n) is 8.64. The van der Waals surface area contributed by atoms with E-state index in [2.05, 4.69) is 0 Å². The summed E-state index contributed by atoms with van der Waals surface area (Å²) in [5.74, 6) is 0.201. The number of ether oxygens (including phenoxy) is 1. The Labute approximate surface area is 91.3 Å². The maximum absolute atomic E-state index is 11.9. The Kier molecular flexibility index (Phi) is 3.78. The molecule has 0 aliphatic carbocycles. The lowest BCUT2D eigenvalue weighted by molar-refractivity contribution is -0.139. The number of halogens is 3. The molecule has 0 spiro atoms. The molecule has 1 rings (SSSR count). The Bertz CT molecular complexity index is 407. The summed E-state index contributed by atoms with van der Waals surface area (Å²) in [7, 11) is 0. The molecule has 16 heavy (non-hydrogen) atoms. The van der Waals surface area contributed by atoms with Gasteiger partial charge in [0.1, 0.15) is 11.8 Å². The van der Waals surface area contributed by atoms with E-state index in [9.17, 15) is 13.2 Å². The maximum atomic E-state index is 11.9. The first-order valence-electron chi connectivity index (χ1n) is 4.62. The normalized spacial score (nSPS) is 10.9. The molecule has 0 bridgehead atoms. The zero-order valence-corrected chi connectivity index (χ0v) is 8.64. The van der Waals surface area contributed by atoms with Crippen LogP contribution < -0.4 is 4.74 Å². The molecule has 5 heteroatoms. The van der Waals surface area contributed by atoms with E-state index in [1.165, 1.54) is 6.07 Å². The molecule has 0 amide bonds. The van der Waals surface area contributed by atoms with Crippen molar-refractivity contribution in [3.05, 3.63) is 29.3 Å². The fourth-order valence-electron chi connectivity index (χ4n) is 1.12. The molecule has 0 aromatic heterocycles. The van der Waals surface area contributed by atoms with Crippen LogP contribution in [0.25, 0.3) is 0 Å². The molecule has 0 aliphatic rings. The van der Waals surface area contributed by atoms with Crippen molar-refractivity contribution >= 4 is 0 Å². The van der Waals surface area contributed by atoms with Crippen molar-refractivity contribution in [3.8, 4) is 11.8 Å². The molecule has 0 fully saturated rings. The molecule has 0 saturated heterocycles. The van der Waals surface area contributed by atoms with Gasteiger partial charge in [0, 0.05) is 0 Å². The van der Waals surface area contributed by atoms with Crippen molar-refractivity contribution in [3.63, 3.8) is 0 Å². The highest BCUT2D eigenvalue weighted by molar-refractivity contribution is 5.44. The van der Waals surface area contributed by atoms with Gasteiger partial charge in [0.25, 0.3) is 0 Å². The minimum atomic E-state index is -4.24. The van der Waals surface area contributed by atoms with Crippen LogP contribution in [0.1, 0.15) is 17.5 Å². The lowest BCUT2D eigenvalue weighted by Crippen LogP contribution is -2.13. The molecule has 0 aliphatic heterocycles. The van der Waals surface area contributed by atoms with Crippen LogP contribution in [0, 0.1) is 18.3 Å². The second-order valence-corrected chi connectivity index (χ2v) is 3.33. The van der Waals surface area contributed by atoms with Crippen LogP contribution in [-0.4, -0.2) is 12.8 Å². The molecule has 0 N–H and O–H groups in total. The van der Waals surface area contributed by atoms with Gasteiger partial charge in [-0.05, 0) is 24.6 Å². The number of benzene rings is 1. The number of alkyl halides is 3. The molecule has 86 valence electrons. The topological polar surface area (TPSA) is 33.0 Å². The minimum absolute atomic E-state index is 0.201. The van der Waals surface area contributed by atoms with Gasteiger partial charge in [-0.2, -0.15) is 18.4 Å². The Morgan fingerprint density at radius 1 is 1.38 bits per heavy atom. The molecule has 1 aromatic carbocycles. The molecular formula is C11H10F3NO. The van der Waals surface area contributed by atoms with Crippen molar-refractivity contribution in [1.82, 2.24) is 0 Å². The molecule has 0 saturated carbocycles. The largest absolute Gasteiger partial charge is 0.492 e. The quantitative estimate of drug-likeness (QED) is 0.797. The average molecular weight is 229 g/mol. The summed E-state index contributed by atoms with van der Waals surface area (Å²) in [6.07, 6.45) is -5.26. The Morgan fingerprint density at radius 2 is 2.06 bits per heavy atom. The van der Waals surface area contributed by atoms with E-state index in [0.717, 1.165) is 5.56 Å². The van der Waals surface area contributed by atoms with Gasteiger partial charge in [-0.15, -0.1) is 0 Å². The summed E-state index contributed by atoms with van der Waals surface area (Å²) in [5.41, 5.74) is 1.08. The van der Waals surface area contributed by atoms with Gasteiger partial charge in [0.05, 0.1) is 18.6 Å². The predicted octanol–water partition coefficient (Wildman–Crippen LogP) is 3.20. The average Bonchev–Trinajstić information content (AvgIpc) is 2.16. The molecule has 1 aromatic rings. The third-order valence-corrected chi connectivity index (χ3v) is 1.90. The third-order valence-electron chi connectivity index (χ3n) is 1.90. The van der Waals surface area contributed by atoms with E-state index < -0.39 is 19.2 Å². The molecular weight excluding hydrogens is 219 g/mol. The number of nitriles is 1. The third kappa shape index (κ3) is 3.81. The fraction of sp³-hybridized carbons (Fsp3) is 0.364. The first-order valence-corrected chi connectivity index (χ1v) is 4.62. The second kappa shape index (κ2) is 4.88. The van der Waals surface area contributed by atoms with Crippen LogP contribution in [-0.2, 0) is 0 Å². The number of aryl methyl sites for hydroxylation is 1. The first kappa shape index (κ1) is 12.4. The summed E-state index contributed by atoms with van der Waals surface area (Å²) in [5, 5.41) is 8.72. The van der Waals surface area contributed by atoms with Crippen molar-refractivity contribution in [2.45, 2.75) is 19.5 Å². The van der Waals surface area contributed by atoms with E-state index in [1.54, 1.807) is 19.1 Å².